The van der Waals surface area contributed by atoms with E-state index < -0.39 is 5.82 Å². The first-order valence-corrected chi connectivity index (χ1v) is 13.0. The van der Waals surface area contributed by atoms with Gasteiger partial charge in [0.15, 0.2) is 5.69 Å². The quantitative estimate of drug-likeness (QED) is 0.557. The summed E-state index contributed by atoms with van der Waals surface area (Å²) in [5.74, 6) is -0.463. The molecular weight excluding hydrogens is 471 g/mol. The van der Waals surface area contributed by atoms with Gasteiger partial charge >= 0.3 is 0 Å². The largest absolute Gasteiger partial charge is 0.367 e. The third-order valence-electron chi connectivity index (χ3n) is 7.98. The minimum atomic E-state index is -0.488. The van der Waals surface area contributed by atoms with Crippen molar-refractivity contribution in [2.24, 2.45) is 0 Å². The number of nitrogens with zero attached hydrogens (tertiary/aromatic N) is 4. The fourth-order valence-electron chi connectivity index (χ4n) is 5.82. The van der Waals surface area contributed by atoms with E-state index in [2.05, 4.69) is 31.2 Å². The van der Waals surface area contributed by atoms with Crippen molar-refractivity contribution >= 4 is 22.4 Å². The maximum atomic E-state index is 14.1. The molecular formula is C28H29FN6O2. The zero-order valence-corrected chi connectivity index (χ0v) is 20.5. The molecule has 0 bridgehead atoms. The molecule has 1 aromatic carbocycles. The number of aromatic amines is 1. The van der Waals surface area contributed by atoms with Gasteiger partial charge in [-0.15, -0.1) is 0 Å². The SMILES string of the molecule is N#Cc1nc(C(=O)NC2CC2)ccc1N1CCN([C@@H]2CC[C@@H](c3cc4cccc(F)c4c(=O)[nH]3)C2)CC1. The molecule has 3 aliphatic rings. The van der Waals surface area contributed by atoms with E-state index in [9.17, 15) is 19.2 Å². The first kappa shape index (κ1) is 23.6. The standard InChI is InChI=1S/C28H29FN6O2/c29-21-3-1-2-18-15-23(33-28(37)26(18)21)17-4-7-20(14-17)34-10-12-35(13-11-34)25-9-8-22(32-24(25)16-30)27(36)31-19-5-6-19/h1-3,8-9,15,17,19-20H,4-7,10-14H2,(H,31,36)(H,33,37)/t17-,20-/m1/s1. The predicted molar refractivity (Wildman–Crippen MR) is 138 cm³/mol. The first-order chi connectivity index (χ1) is 18.0. The molecule has 2 N–H and O–H groups in total. The van der Waals surface area contributed by atoms with Crippen molar-refractivity contribution in [2.45, 2.75) is 50.1 Å². The summed E-state index contributed by atoms with van der Waals surface area (Å²) in [5, 5.41) is 13.4. The van der Waals surface area contributed by atoms with Gasteiger partial charge in [0.05, 0.1) is 11.1 Å². The topological polar surface area (TPSA) is 105 Å². The average molecular weight is 501 g/mol. The van der Waals surface area contributed by atoms with Gasteiger partial charge < -0.3 is 15.2 Å². The van der Waals surface area contributed by atoms with Crippen LogP contribution in [0.4, 0.5) is 10.1 Å². The second-order valence-electron chi connectivity index (χ2n) is 10.4. The number of hydrogen-bond donors (Lipinski definition) is 2. The van der Waals surface area contributed by atoms with Crippen molar-refractivity contribution in [3.05, 3.63) is 69.7 Å². The van der Waals surface area contributed by atoms with Gasteiger partial charge in [0.1, 0.15) is 17.6 Å². The molecule has 0 radical (unpaired) electrons. The summed E-state index contributed by atoms with van der Waals surface area (Å²) in [6.07, 6.45) is 4.98. The first-order valence-electron chi connectivity index (χ1n) is 13.0. The Hall–Kier alpha value is -3.77. The van der Waals surface area contributed by atoms with Crippen LogP contribution in [0.5, 0.6) is 0 Å². The van der Waals surface area contributed by atoms with E-state index in [0.717, 1.165) is 69.7 Å². The number of fused-ring (bicyclic) bond motifs is 1. The zero-order chi connectivity index (χ0) is 25.5. The van der Waals surface area contributed by atoms with Gasteiger partial charge in [-0.3, -0.25) is 14.5 Å². The van der Waals surface area contributed by atoms with E-state index in [0.29, 0.717) is 11.4 Å². The van der Waals surface area contributed by atoms with Crippen LogP contribution in [0.3, 0.4) is 0 Å². The number of nitrogens with one attached hydrogen (secondary N) is 2. The molecule has 37 heavy (non-hydrogen) atoms. The van der Waals surface area contributed by atoms with Crippen molar-refractivity contribution in [1.82, 2.24) is 20.2 Å². The number of nitriles is 1. The average Bonchev–Trinajstić information content (AvgIpc) is 3.59. The van der Waals surface area contributed by atoms with Crippen molar-refractivity contribution in [1.29, 1.82) is 5.26 Å². The molecule has 1 aliphatic heterocycles. The van der Waals surface area contributed by atoms with Gasteiger partial charge in [0, 0.05) is 49.9 Å². The number of carbonyl (C=O) groups is 1. The number of piperazine rings is 1. The number of carbonyl (C=O) groups excluding carboxylic acids is 1. The highest BCUT2D eigenvalue weighted by atomic mass is 19.1. The van der Waals surface area contributed by atoms with Crippen molar-refractivity contribution in [3.63, 3.8) is 0 Å². The van der Waals surface area contributed by atoms with Gasteiger partial charge in [0.25, 0.3) is 11.5 Å². The Kier molecular flexibility index (Phi) is 6.13. The molecule has 0 spiro atoms. The Bertz CT molecular complexity index is 1450. The fourth-order valence-corrected chi connectivity index (χ4v) is 5.82. The summed E-state index contributed by atoms with van der Waals surface area (Å²) in [6.45, 7) is 3.28. The molecule has 6 rings (SSSR count). The van der Waals surface area contributed by atoms with Crippen LogP contribution in [0, 0.1) is 17.1 Å². The van der Waals surface area contributed by atoms with E-state index in [-0.39, 0.29) is 40.2 Å². The van der Waals surface area contributed by atoms with Crippen LogP contribution in [0.25, 0.3) is 10.8 Å². The number of hydrogen-bond acceptors (Lipinski definition) is 6. The minimum absolute atomic E-state index is 0.125. The maximum absolute atomic E-state index is 14.1. The summed E-state index contributed by atoms with van der Waals surface area (Å²) in [4.78, 5) is 36.8. The molecule has 9 heteroatoms. The fraction of sp³-hybridized carbons (Fsp3) is 0.429. The molecule has 2 saturated carbocycles. The van der Waals surface area contributed by atoms with Gasteiger partial charge in [-0.1, -0.05) is 12.1 Å². The lowest BCUT2D eigenvalue weighted by Crippen LogP contribution is -2.50. The van der Waals surface area contributed by atoms with Crippen molar-refractivity contribution < 1.29 is 9.18 Å². The molecule has 1 saturated heterocycles. The number of halogens is 1. The van der Waals surface area contributed by atoms with Crippen LogP contribution >= 0.6 is 0 Å². The van der Waals surface area contributed by atoms with Gasteiger partial charge in [-0.2, -0.15) is 5.26 Å². The minimum Gasteiger partial charge on any atom is -0.367 e. The van der Waals surface area contributed by atoms with E-state index in [1.165, 1.54) is 6.07 Å². The number of anilines is 1. The molecule has 0 unspecified atom stereocenters. The number of pyridine rings is 2. The third kappa shape index (κ3) is 4.69. The molecule has 2 aromatic heterocycles. The van der Waals surface area contributed by atoms with Crippen molar-refractivity contribution in [2.75, 3.05) is 31.1 Å². The Morgan fingerprint density at radius 2 is 1.92 bits per heavy atom. The Labute approximate surface area is 214 Å². The number of benzene rings is 1. The van der Waals surface area contributed by atoms with Crippen LogP contribution < -0.4 is 15.8 Å². The monoisotopic (exact) mass is 500 g/mol. The molecule has 1 amide bonds. The van der Waals surface area contributed by atoms with Crippen molar-refractivity contribution in [3.8, 4) is 6.07 Å². The molecule has 190 valence electrons. The summed E-state index contributed by atoms with van der Waals surface area (Å²) in [5.41, 5.74) is 1.88. The summed E-state index contributed by atoms with van der Waals surface area (Å²) in [6, 6.07) is 13.1. The molecule has 3 fully saturated rings. The lowest BCUT2D eigenvalue weighted by Gasteiger charge is -2.39. The van der Waals surface area contributed by atoms with E-state index in [4.69, 9.17) is 0 Å². The van der Waals surface area contributed by atoms with E-state index in [1.54, 1.807) is 18.2 Å². The number of H-pyrrole nitrogens is 1. The summed E-state index contributed by atoms with van der Waals surface area (Å²) >= 11 is 0. The van der Waals surface area contributed by atoms with Crippen LogP contribution in [-0.2, 0) is 0 Å². The number of rotatable bonds is 5. The van der Waals surface area contributed by atoms with Crippen LogP contribution in [0.15, 0.2) is 41.2 Å². The normalized spacial score (nSPS) is 22.2. The van der Waals surface area contributed by atoms with Gasteiger partial charge in [-0.05, 0) is 61.8 Å². The van der Waals surface area contributed by atoms with Crippen LogP contribution in [-0.4, -0.2) is 59.0 Å². The Morgan fingerprint density at radius 3 is 2.68 bits per heavy atom. The second-order valence-corrected chi connectivity index (χ2v) is 10.4. The second kappa shape index (κ2) is 9.60. The highest BCUT2D eigenvalue weighted by molar-refractivity contribution is 5.93. The molecule has 2 atom stereocenters. The molecule has 3 heterocycles. The lowest BCUT2D eigenvalue weighted by atomic mass is 10.00. The number of amides is 1. The highest BCUT2D eigenvalue weighted by Gasteiger charge is 2.33. The smallest absolute Gasteiger partial charge is 0.270 e. The van der Waals surface area contributed by atoms with Crippen LogP contribution in [0.2, 0.25) is 0 Å². The molecule has 2 aliphatic carbocycles. The summed E-state index contributed by atoms with van der Waals surface area (Å²) in [7, 11) is 0. The zero-order valence-electron chi connectivity index (χ0n) is 20.5. The molecule has 8 nitrogen and oxygen atoms in total. The van der Waals surface area contributed by atoms with E-state index >= 15 is 0 Å². The maximum Gasteiger partial charge on any atom is 0.270 e. The van der Waals surface area contributed by atoms with E-state index in [1.807, 2.05) is 12.1 Å². The van der Waals surface area contributed by atoms with Crippen LogP contribution in [0.1, 0.15) is 59.9 Å². The predicted octanol–water partition coefficient (Wildman–Crippen LogP) is 3.28. The Morgan fingerprint density at radius 1 is 1.11 bits per heavy atom. The third-order valence-corrected chi connectivity index (χ3v) is 7.98. The number of aromatic nitrogens is 2. The van der Waals surface area contributed by atoms with Gasteiger partial charge in [-0.25, -0.2) is 9.37 Å². The lowest BCUT2D eigenvalue weighted by molar-refractivity contribution is 0.0946. The van der Waals surface area contributed by atoms with Gasteiger partial charge in [0.2, 0.25) is 0 Å². The summed E-state index contributed by atoms with van der Waals surface area (Å²) < 4.78 is 14.1. The Balaban J connectivity index is 1.10. The molecule has 3 aromatic rings. The highest BCUT2D eigenvalue weighted by Crippen LogP contribution is 2.37.